The monoisotopic (exact) mass is 335 g/mol. The molecule has 1 amide bonds. The van der Waals surface area contributed by atoms with Gasteiger partial charge in [0.05, 0.1) is 31.0 Å². The maximum atomic E-state index is 12.0. The highest BCUT2D eigenvalue weighted by Crippen LogP contribution is 2.30. The fourth-order valence-corrected chi connectivity index (χ4v) is 2.69. The fraction of sp³-hybridized carbons (Fsp3) is 0.353. The topological polar surface area (TPSA) is 60.7 Å². The molecular formula is C17H21NO4S. The standard InChI is InChI=1S/C17H21NO4S/c1-3-20-15-8-7-13(10-16(15)21-4-2)18-17(19)12-23-11-14-6-5-9-22-14/h5-10H,3-4,11-12H2,1-2H3,(H,18,19). The van der Waals surface area contributed by atoms with Gasteiger partial charge in [0.1, 0.15) is 5.76 Å². The molecule has 2 rings (SSSR count). The van der Waals surface area contributed by atoms with Crippen molar-refractivity contribution in [3.05, 3.63) is 42.4 Å². The number of ether oxygens (including phenoxy) is 2. The number of carbonyl (C=O) groups excluding carboxylic acids is 1. The van der Waals surface area contributed by atoms with Crippen LogP contribution in [0.5, 0.6) is 11.5 Å². The summed E-state index contributed by atoms with van der Waals surface area (Å²) in [6.07, 6.45) is 1.63. The van der Waals surface area contributed by atoms with Gasteiger partial charge in [-0.3, -0.25) is 4.79 Å². The maximum absolute atomic E-state index is 12.0. The van der Waals surface area contributed by atoms with Crippen molar-refractivity contribution in [1.82, 2.24) is 0 Å². The predicted octanol–water partition coefficient (Wildman–Crippen LogP) is 3.95. The van der Waals surface area contributed by atoms with Crippen LogP contribution in [0, 0.1) is 0 Å². The molecule has 1 heterocycles. The third-order valence-corrected chi connectivity index (χ3v) is 3.84. The average Bonchev–Trinajstić information content (AvgIpc) is 3.03. The molecule has 6 heteroatoms. The molecule has 124 valence electrons. The Labute approximate surface area is 140 Å². The lowest BCUT2D eigenvalue weighted by Gasteiger charge is -2.13. The minimum Gasteiger partial charge on any atom is -0.490 e. The molecule has 0 aliphatic heterocycles. The summed E-state index contributed by atoms with van der Waals surface area (Å²) in [4.78, 5) is 12.0. The Kier molecular flexibility index (Phi) is 6.87. The van der Waals surface area contributed by atoms with E-state index < -0.39 is 0 Å². The number of anilines is 1. The molecule has 23 heavy (non-hydrogen) atoms. The summed E-state index contributed by atoms with van der Waals surface area (Å²) in [5.74, 6) is 3.15. The first-order valence-electron chi connectivity index (χ1n) is 7.52. The van der Waals surface area contributed by atoms with Crippen molar-refractivity contribution < 1.29 is 18.7 Å². The van der Waals surface area contributed by atoms with Gasteiger partial charge in [-0.25, -0.2) is 0 Å². The zero-order chi connectivity index (χ0) is 16.5. The van der Waals surface area contributed by atoms with E-state index >= 15 is 0 Å². The zero-order valence-electron chi connectivity index (χ0n) is 13.3. The molecular weight excluding hydrogens is 314 g/mol. The Hall–Kier alpha value is -2.08. The molecule has 0 saturated heterocycles. The first-order valence-corrected chi connectivity index (χ1v) is 8.68. The van der Waals surface area contributed by atoms with Crippen LogP contribution in [0.1, 0.15) is 19.6 Å². The van der Waals surface area contributed by atoms with Gasteiger partial charge in [0.15, 0.2) is 11.5 Å². The Balaban J connectivity index is 1.88. The molecule has 0 fully saturated rings. The minimum absolute atomic E-state index is 0.0619. The molecule has 0 radical (unpaired) electrons. The highest BCUT2D eigenvalue weighted by atomic mass is 32.2. The van der Waals surface area contributed by atoms with Crippen LogP contribution in [-0.2, 0) is 10.5 Å². The van der Waals surface area contributed by atoms with Crippen molar-refractivity contribution >= 4 is 23.4 Å². The van der Waals surface area contributed by atoms with Gasteiger partial charge in [0, 0.05) is 11.8 Å². The van der Waals surface area contributed by atoms with Gasteiger partial charge in [-0.1, -0.05) is 0 Å². The summed E-state index contributed by atoms with van der Waals surface area (Å²) in [6.45, 7) is 4.93. The Morgan fingerprint density at radius 1 is 1.17 bits per heavy atom. The number of furan rings is 1. The molecule has 0 bridgehead atoms. The molecule has 2 aromatic rings. The second-order valence-electron chi connectivity index (χ2n) is 4.65. The predicted molar refractivity (Wildman–Crippen MR) is 92.3 cm³/mol. The van der Waals surface area contributed by atoms with Gasteiger partial charge in [0.2, 0.25) is 5.91 Å². The summed E-state index contributed by atoms with van der Waals surface area (Å²) in [5.41, 5.74) is 0.695. The van der Waals surface area contributed by atoms with E-state index in [0.717, 1.165) is 5.76 Å². The van der Waals surface area contributed by atoms with Gasteiger partial charge in [-0.15, -0.1) is 11.8 Å². The number of thioether (sulfide) groups is 1. The maximum Gasteiger partial charge on any atom is 0.234 e. The van der Waals surface area contributed by atoms with Crippen molar-refractivity contribution in [2.24, 2.45) is 0 Å². The van der Waals surface area contributed by atoms with E-state index in [1.807, 2.05) is 32.0 Å². The van der Waals surface area contributed by atoms with Crippen LogP contribution in [0.25, 0.3) is 0 Å². The lowest BCUT2D eigenvalue weighted by molar-refractivity contribution is -0.113. The summed E-state index contributed by atoms with van der Waals surface area (Å²) in [6, 6.07) is 9.13. The van der Waals surface area contributed by atoms with Gasteiger partial charge < -0.3 is 19.2 Å². The second-order valence-corrected chi connectivity index (χ2v) is 5.63. The lowest BCUT2D eigenvalue weighted by Crippen LogP contribution is -2.14. The zero-order valence-corrected chi connectivity index (χ0v) is 14.2. The van der Waals surface area contributed by atoms with E-state index in [9.17, 15) is 4.79 Å². The molecule has 1 N–H and O–H groups in total. The van der Waals surface area contributed by atoms with Crippen molar-refractivity contribution in [3.63, 3.8) is 0 Å². The molecule has 0 atom stereocenters. The van der Waals surface area contributed by atoms with Crippen molar-refractivity contribution in [1.29, 1.82) is 0 Å². The Bertz CT molecular complexity index is 613. The van der Waals surface area contributed by atoms with E-state index in [-0.39, 0.29) is 5.91 Å². The normalized spacial score (nSPS) is 10.3. The van der Waals surface area contributed by atoms with Gasteiger partial charge in [-0.2, -0.15) is 0 Å². The highest BCUT2D eigenvalue weighted by molar-refractivity contribution is 7.99. The van der Waals surface area contributed by atoms with Crippen LogP contribution in [0.4, 0.5) is 5.69 Å². The van der Waals surface area contributed by atoms with E-state index in [2.05, 4.69) is 5.32 Å². The first kappa shape index (κ1) is 17.3. The molecule has 0 saturated carbocycles. The molecule has 0 spiro atoms. The van der Waals surface area contributed by atoms with Crippen LogP contribution >= 0.6 is 11.8 Å². The number of nitrogens with one attached hydrogen (secondary N) is 1. The molecule has 1 aromatic heterocycles. The summed E-state index contributed by atoms with van der Waals surface area (Å²) in [7, 11) is 0. The molecule has 0 aliphatic carbocycles. The SMILES string of the molecule is CCOc1ccc(NC(=O)CSCc2ccco2)cc1OCC. The molecule has 5 nitrogen and oxygen atoms in total. The lowest BCUT2D eigenvalue weighted by atomic mass is 10.2. The van der Waals surface area contributed by atoms with E-state index in [4.69, 9.17) is 13.9 Å². The smallest absolute Gasteiger partial charge is 0.234 e. The van der Waals surface area contributed by atoms with Crippen LogP contribution in [0.15, 0.2) is 41.0 Å². The van der Waals surface area contributed by atoms with E-state index in [1.165, 1.54) is 11.8 Å². The van der Waals surface area contributed by atoms with Gasteiger partial charge in [0.25, 0.3) is 0 Å². The number of carbonyl (C=O) groups is 1. The summed E-state index contributed by atoms with van der Waals surface area (Å²) in [5, 5.41) is 2.86. The summed E-state index contributed by atoms with van der Waals surface area (Å²) < 4.78 is 16.3. The number of hydrogen-bond acceptors (Lipinski definition) is 5. The first-order chi connectivity index (χ1) is 11.2. The van der Waals surface area contributed by atoms with Crippen molar-refractivity contribution in [2.75, 3.05) is 24.3 Å². The number of rotatable bonds is 9. The molecule has 1 aromatic carbocycles. The van der Waals surface area contributed by atoms with Crippen molar-refractivity contribution in [2.45, 2.75) is 19.6 Å². The van der Waals surface area contributed by atoms with Crippen LogP contribution in [-0.4, -0.2) is 24.9 Å². The number of hydrogen-bond donors (Lipinski definition) is 1. The molecule has 0 unspecified atom stereocenters. The largest absolute Gasteiger partial charge is 0.490 e. The second kappa shape index (κ2) is 9.15. The quantitative estimate of drug-likeness (QED) is 0.752. The van der Waals surface area contributed by atoms with E-state index in [1.54, 1.807) is 18.4 Å². The summed E-state index contributed by atoms with van der Waals surface area (Å²) >= 11 is 1.50. The van der Waals surface area contributed by atoms with Crippen LogP contribution in [0.2, 0.25) is 0 Å². The third kappa shape index (κ3) is 5.56. The van der Waals surface area contributed by atoms with Crippen molar-refractivity contribution in [3.8, 4) is 11.5 Å². The number of amides is 1. The van der Waals surface area contributed by atoms with Crippen LogP contribution in [0.3, 0.4) is 0 Å². The number of benzene rings is 1. The average molecular weight is 335 g/mol. The molecule has 0 aliphatic rings. The van der Waals surface area contributed by atoms with Crippen LogP contribution < -0.4 is 14.8 Å². The Morgan fingerprint density at radius 2 is 1.96 bits per heavy atom. The van der Waals surface area contributed by atoms with E-state index in [0.29, 0.717) is 41.9 Å². The van der Waals surface area contributed by atoms with Gasteiger partial charge in [-0.05, 0) is 38.1 Å². The third-order valence-electron chi connectivity index (χ3n) is 2.88. The van der Waals surface area contributed by atoms with Gasteiger partial charge >= 0.3 is 0 Å². The Morgan fingerprint density at radius 3 is 2.65 bits per heavy atom. The highest BCUT2D eigenvalue weighted by Gasteiger charge is 2.09. The minimum atomic E-state index is -0.0619. The fourth-order valence-electron chi connectivity index (χ4n) is 1.96.